The molecule has 1 saturated heterocycles. The lowest BCUT2D eigenvalue weighted by molar-refractivity contribution is -0.142. The zero-order valence-corrected chi connectivity index (χ0v) is 11.5. The molecule has 1 heterocycles. The second-order valence-corrected chi connectivity index (χ2v) is 4.94. The highest BCUT2D eigenvalue weighted by Crippen LogP contribution is 2.18. The molecule has 1 atom stereocenters. The van der Waals surface area contributed by atoms with E-state index >= 15 is 0 Å². The van der Waals surface area contributed by atoms with Crippen LogP contribution in [0.4, 0.5) is 0 Å². The van der Waals surface area contributed by atoms with E-state index in [9.17, 15) is 4.79 Å². The number of hydrogen-bond acceptors (Lipinski definition) is 4. The molecule has 4 heteroatoms. The second-order valence-electron chi connectivity index (χ2n) is 4.94. The van der Waals surface area contributed by atoms with Crippen molar-refractivity contribution in [1.82, 2.24) is 10.4 Å². The van der Waals surface area contributed by atoms with Crippen LogP contribution in [0.25, 0.3) is 0 Å². The van der Waals surface area contributed by atoms with Crippen molar-refractivity contribution in [3.63, 3.8) is 0 Å². The van der Waals surface area contributed by atoms with E-state index < -0.39 is 0 Å². The highest BCUT2D eigenvalue weighted by atomic mass is 16.5. The number of carbonyl (C=O) groups excluding carboxylic acids is 1. The number of nitrogens with zero attached hydrogens (tertiary/aromatic N) is 1. The second kappa shape index (κ2) is 7.26. The van der Waals surface area contributed by atoms with Crippen LogP contribution in [-0.4, -0.2) is 30.7 Å². The van der Waals surface area contributed by atoms with Crippen LogP contribution in [0.3, 0.4) is 0 Å². The molecule has 1 aliphatic heterocycles. The number of methoxy groups -OCH3 is 1. The maximum Gasteiger partial charge on any atom is 0.307 e. The predicted molar refractivity (Wildman–Crippen MR) is 74.3 cm³/mol. The number of rotatable bonds is 5. The lowest BCUT2D eigenvalue weighted by atomic mass is 10.0. The van der Waals surface area contributed by atoms with Crippen molar-refractivity contribution >= 4 is 5.97 Å². The van der Waals surface area contributed by atoms with Crippen molar-refractivity contribution in [2.75, 3.05) is 13.7 Å². The normalized spacial score (nSPS) is 20.2. The molecule has 0 spiro atoms. The molecular weight excluding hydrogens is 240 g/mol. The van der Waals surface area contributed by atoms with Crippen LogP contribution in [0.15, 0.2) is 30.3 Å². The van der Waals surface area contributed by atoms with Gasteiger partial charge in [0.25, 0.3) is 0 Å². The van der Waals surface area contributed by atoms with Crippen LogP contribution in [0.2, 0.25) is 0 Å². The molecule has 1 fully saturated rings. The third-order valence-electron chi connectivity index (χ3n) is 3.59. The average molecular weight is 262 g/mol. The number of nitrogens with one attached hydrogen (secondary N) is 1. The molecule has 0 saturated carbocycles. The Morgan fingerprint density at radius 1 is 1.37 bits per heavy atom. The zero-order chi connectivity index (χ0) is 13.5. The van der Waals surface area contributed by atoms with Crippen molar-refractivity contribution in [3.05, 3.63) is 35.9 Å². The first kappa shape index (κ1) is 14.0. The van der Waals surface area contributed by atoms with Crippen LogP contribution >= 0.6 is 0 Å². The minimum atomic E-state index is -0.126. The number of hydrazine groups is 1. The Kier molecular flexibility index (Phi) is 5.36. The van der Waals surface area contributed by atoms with E-state index in [2.05, 4.69) is 22.6 Å². The van der Waals surface area contributed by atoms with Gasteiger partial charge in [-0.3, -0.25) is 10.2 Å². The molecule has 0 radical (unpaired) electrons. The van der Waals surface area contributed by atoms with Gasteiger partial charge in [-0.1, -0.05) is 36.8 Å². The van der Waals surface area contributed by atoms with E-state index in [0.29, 0.717) is 6.42 Å². The fourth-order valence-corrected chi connectivity index (χ4v) is 2.49. The monoisotopic (exact) mass is 262 g/mol. The molecule has 1 aromatic carbocycles. The molecule has 1 unspecified atom stereocenters. The van der Waals surface area contributed by atoms with Crippen LogP contribution in [0, 0.1) is 0 Å². The molecule has 0 amide bonds. The summed E-state index contributed by atoms with van der Waals surface area (Å²) in [6.45, 7) is 1.80. The van der Waals surface area contributed by atoms with Crippen molar-refractivity contribution in [3.8, 4) is 0 Å². The number of piperidine rings is 1. The summed E-state index contributed by atoms with van der Waals surface area (Å²) in [6, 6.07) is 10.6. The van der Waals surface area contributed by atoms with E-state index in [1.54, 1.807) is 0 Å². The zero-order valence-electron chi connectivity index (χ0n) is 11.5. The summed E-state index contributed by atoms with van der Waals surface area (Å²) in [4.78, 5) is 11.4. The number of benzene rings is 1. The molecular formula is C15H22N2O2. The van der Waals surface area contributed by atoms with E-state index in [1.807, 2.05) is 18.2 Å². The highest BCUT2D eigenvalue weighted by molar-refractivity contribution is 5.69. The number of esters is 1. The van der Waals surface area contributed by atoms with Gasteiger partial charge in [0.15, 0.2) is 0 Å². The molecule has 4 nitrogen and oxygen atoms in total. The lowest BCUT2D eigenvalue weighted by Crippen LogP contribution is -2.49. The van der Waals surface area contributed by atoms with Crippen molar-refractivity contribution in [2.45, 2.75) is 38.3 Å². The SMILES string of the molecule is COC(=O)CC1CCCCN1NCc1ccccc1. The Morgan fingerprint density at radius 2 is 2.16 bits per heavy atom. The summed E-state index contributed by atoms with van der Waals surface area (Å²) in [5, 5.41) is 2.20. The van der Waals surface area contributed by atoms with Gasteiger partial charge in [0, 0.05) is 19.1 Å². The van der Waals surface area contributed by atoms with E-state index in [4.69, 9.17) is 4.74 Å². The molecule has 1 N–H and O–H groups in total. The molecule has 0 bridgehead atoms. The van der Waals surface area contributed by atoms with Crippen LogP contribution < -0.4 is 5.43 Å². The number of hydrogen-bond donors (Lipinski definition) is 1. The molecule has 1 aromatic rings. The van der Waals surface area contributed by atoms with E-state index in [-0.39, 0.29) is 12.0 Å². The molecule has 104 valence electrons. The Labute approximate surface area is 114 Å². The molecule has 2 rings (SSSR count). The van der Waals surface area contributed by atoms with Crippen LogP contribution in [0.1, 0.15) is 31.2 Å². The molecule has 1 aliphatic rings. The van der Waals surface area contributed by atoms with Gasteiger partial charge >= 0.3 is 5.97 Å². The van der Waals surface area contributed by atoms with Gasteiger partial charge in [-0.25, -0.2) is 5.01 Å². The summed E-state index contributed by atoms with van der Waals surface area (Å²) in [6.07, 6.45) is 3.89. The molecule has 0 aliphatic carbocycles. The van der Waals surface area contributed by atoms with Gasteiger partial charge in [0.05, 0.1) is 13.5 Å². The summed E-state index contributed by atoms with van der Waals surface area (Å²) in [5.41, 5.74) is 4.70. The Morgan fingerprint density at radius 3 is 2.89 bits per heavy atom. The van der Waals surface area contributed by atoms with Gasteiger partial charge in [-0.15, -0.1) is 0 Å². The quantitative estimate of drug-likeness (QED) is 0.825. The van der Waals surface area contributed by atoms with Crippen molar-refractivity contribution in [2.24, 2.45) is 0 Å². The van der Waals surface area contributed by atoms with Crippen molar-refractivity contribution in [1.29, 1.82) is 0 Å². The highest BCUT2D eigenvalue weighted by Gasteiger charge is 2.24. The Balaban J connectivity index is 1.87. The smallest absolute Gasteiger partial charge is 0.307 e. The largest absolute Gasteiger partial charge is 0.469 e. The predicted octanol–water partition coefficient (Wildman–Crippen LogP) is 2.11. The Hall–Kier alpha value is -1.39. The lowest BCUT2D eigenvalue weighted by Gasteiger charge is -2.35. The first-order chi connectivity index (χ1) is 9.29. The summed E-state index contributed by atoms with van der Waals surface area (Å²) < 4.78 is 4.77. The van der Waals surface area contributed by atoms with Crippen LogP contribution in [-0.2, 0) is 16.1 Å². The van der Waals surface area contributed by atoms with Gasteiger partial charge in [0.2, 0.25) is 0 Å². The topological polar surface area (TPSA) is 41.6 Å². The summed E-state index contributed by atoms with van der Waals surface area (Å²) in [7, 11) is 1.45. The fraction of sp³-hybridized carbons (Fsp3) is 0.533. The third kappa shape index (κ3) is 4.33. The number of ether oxygens (including phenoxy) is 1. The van der Waals surface area contributed by atoms with E-state index in [0.717, 1.165) is 19.5 Å². The third-order valence-corrected chi connectivity index (χ3v) is 3.59. The fourth-order valence-electron chi connectivity index (χ4n) is 2.49. The van der Waals surface area contributed by atoms with Gasteiger partial charge in [0.1, 0.15) is 0 Å². The maximum absolute atomic E-state index is 11.4. The average Bonchev–Trinajstić information content (AvgIpc) is 2.47. The first-order valence-electron chi connectivity index (χ1n) is 6.90. The van der Waals surface area contributed by atoms with Crippen molar-refractivity contribution < 1.29 is 9.53 Å². The summed E-state index contributed by atoms with van der Waals surface area (Å²) in [5.74, 6) is -0.126. The van der Waals surface area contributed by atoms with Gasteiger partial charge < -0.3 is 4.74 Å². The molecule has 0 aromatic heterocycles. The minimum absolute atomic E-state index is 0.126. The Bertz CT molecular complexity index is 394. The summed E-state index contributed by atoms with van der Waals surface area (Å²) >= 11 is 0. The van der Waals surface area contributed by atoms with Crippen LogP contribution in [0.5, 0.6) is 0 Å². The standard InChI is InChI=1S/C15H22N2O2/c1-19-15(18)11-14-9-5-6-10-17(14)16-12-13-7-3-2-4-8-13/h2-4,7-8,14,16H,5-6,9-12H2,1H3. The number of carbonyl (C=O) groups is 1. The molecule has 19 heavy (non-hydrogen) atoms. The van der Waals surface area contributed by atoms with E-state index in [1.165, 1.54) is 25.5 Å². The maximum atomic E-state index is 11.4. The van der Waals surface area contributed by atoms with Gasteiger partial charge in [-0.2, -0.15) is 0 Å². The first-order valence-corrected chi connectivity index (χ1v) is 6.90. The minimum Gasteiger partial charge on any atom is -0.469 e. The van der Waals surface area contributed by atoms with Gasteiger partial charge in [-0.05, 0) is 18.4 Å².